The maximum atomic E-state index is 13.3. The van der Waals surface area contributed by atoms with Gasteiger partial charge < -0.3 is 19.4 Å². The molecule has 1 amide bonds. The molecule has 144 valence electrons. The minimum atomic E-state index is -0.636. The van der Waals surface area contributed by atoms with E-state index in [9.17, 15) is 9.59 Å². The molecule has 4 rings (SSSR count). The molecule has 0 bridgehead atoms. The van der Waals surface area contributed by atoms with Crippen LogP contribution in [0, 0.1) is 0 Å². The van der Waals surface area contributed by atoms with E-state index in [1.54, 1.807) is 25.0 Å². The predicted molar refractivity (Wildman–Crippen MR) is 105 cm³/mol. The van der Waals surface area contributed by atoms with Crippen molar-refractivity contribution < 1.29 is 19.1 Å². The Labute approximate surface area is 163 Å². The summed E-state index contributed by atoms with van der Waals surface area (Å²) in [6, 6.07) is 14.6. The van der Waals surface area contributed by atoms with Crippen LogP contribution in [0.25, 0.3) is 10.9 Å². The van der Waals surface area contributed by atoms with E-state index in [-0.39, 0.29) is 18.5 Å². The smallest absolute Gasteiger partial charge is 0.329 e. The fraction of sp³-hybridized carbons (Fsp3) is 0.273. The van der Waals surface area contributed by atoms with Gasteiger partial charge in [0.05, 0.1) is 13.7 Å². The van der Waals surface area contributed by atoms with Gasteiger partial charge in [-0.1, -0.05) is 24.3 Å². The lowest BCUT2D eigenvalue weighted by atomic mass is 9.93. The van der Waals surface area contributed by atoms with Crippen LogP contribution in [0.15, 0.2) is 48.5 Å². The Balaban J connectivity index is 1.70. The van der Waals surface area contributed by atoms with Gasteiger partial charge in [-0.05, 0) is 42.3 Å². The fourth-order valence-corrected chi connectivity index (χ4v) is 3.69. The van der Waals surface area contributed by atoms with Gasteiger partial charge in [-0.3, -0.25) is 4.79 Å². The minimum Gasteiger partial charge on any atom is -0.497 e. The number of aromatic amines is 1. The number of esters is 1. The van der Waals surface area contributed by atoms with Crippen molar-refractivity contribution in [3.8, 4) is 5.75 Å². The van der Waals surface area contributed by atoms with E-state index >= 15 is 0 Å². The van der Waals surface area contributed by atoms with Crippen LogP contribution >= 0.6 is 0 Å². The summed E-state index contributed by atoms with van der Waals surface area (Å²) in [6.07, 6.45) is 0.453. The number of hydrogen-bond acceptors (Lipinski definition) is 4. The number of rotatable bonds is 4. The molecule has 0 fully saturated rings. The molecule has 28 heavy (non-hydrogen) atoms. The summed E-state index contributed by atoms with van der Waals surface area (Å²) in [4.78, 5) is 30.6. The summed E-state index contributed by atoms with van der Waals surface area (Å²) in [5.41, 5.74) is 3.41. The molecule has 1 aromatic heterocycles. The number of methoxy groups -OCH3 is 1. The molecule has 2 aromatic carbocycles. The standard InChI is InChI=1S/C22H22N2O4/c1-3-28-22(26)20-12-14-6-4-5-7-15(14)13-24(20)21(25)19-11-16-10-17(27-2)8-9-18(16)23-19/h4-11,20,23H,3,12-13H2,1-2H3. The van der Waals surface area contributed by atoms with Crippen molar-refractivity contribution in [2.24, 2.45) is 0 Å². The van der Waals surface area contributed by atoms with E-state index in [0.717, 1.165) is 27.8 Å². The fourth-order valence-electron chi connectivity index (χ4n) is 3.69. The Morgan fingerprint density at radius 1 is 1.14 bits per heavy atom. The second kappa shape index (κ2) is 7.38. The van der Waals surface area contributed by atoms with E-state index in [1.807, 2.05) is 42.5 Å². The third-order valence-electron chi connectivity index (χ3n) is 5.13. The Kier molecular flexibility index (Phi) is 4.77. The number of nitrogens with one attached hydrogen (secondary N) is 1. The highest BCUT2D eigenvalue weighted by Crippen LogP contribution is 2.27. The van der Waals surface area contributed by atoms with Gasteiger partial charge in [0.15, 0.2) is 0 Å². The molecule has 0 aliphatic carbocycles. The molecule has 1 N–H and O–H groups in total. The molecule has 3 aromatic rings. The van der Waals surface area contributed by atoms with Gasteiger partial charge >= 0.3 is 5.97 Å². The topological polar surface area (TPSA) is 71.6 Å². The first-order valence-electron chi connectivity index (χ1n) is 9.32. The highest BCUT2D eigenvalue weighted by atomic mass is 16.5. The molecule has 1 aliphatic heterocycles. The van der Waals surface area contributed by atoms with Gasteiger partial charge in [0.1, 0.15) is 17.5 Å². The molecule has 6 heteroatoms. The number of ether oxygens (including phenoxy) is 2. The van der Waals surface area contributed by atoms with Gasteiger partial charge in [0.2, 0.25) is 0 Å². The first kappa shape index (κ1) is 18.1. The average Bonchev–Trinajstić information content (AvgIpc) is 3.15. The first-order valence-corrected chi connectivity index (χ1v) is 9.32. The normalized spacial score (nSPS) is 15.9. The van der Waals surface area contributed by atoms with Gasteiger partial charge in [-0.15, -0.1) is 0 Å². The predicted octanol–water partition coefficient (Wildman–Crippen LogP) is 3.31. The van der Waals surface area contributed by atoms with Gasteiger partial charge in [0, 0.05) is 23.9 Å². The lowest BCUT2D eigenvalue weighted by molar-refractivity contribution is -0.149. The Bertz CT molecular complexity index is 1040. The number of carbonyl (C=O) groups excluding carboxylic acids is 2. The third-order valence-corrected chi connectivity index (χ3v) is 5.13. The molecule has 1 atom stereocenters. The summed E-state index contributed by atoms with van der Waals surface area (Å²) >= 11 is 0. The number of benzene rings is 2. The molecule has 2 heterocycles. The highest BCUT2D eigenvalue weighted by Gasteiger charge is 2.36. The number of hydrogen-bond donors (Lipinski definition) is 1. The van der Waals surface area contributed by atoms with Gasteiger partial charge in [-0.25, -0.2) is 4.79 Å². The summed E-state index contributed by atoms with van der Waals surface area (Å²) in [5.74, 6) is 0.132. The van der Waals surface area contributed by atoms with Gasteiger partial charge in [0.25, 0.3) is 5.91 Å². The largest absolute Gasteiger partial charge is 0.497 e. The third kappa shape index (κ3) is 3.22. The molecule has 1 aliphatic rings. The van der Waals surface area contributed by atoms with Gasteiger partial charge in [-0.2, -0.15) is 0 Å². The summed E-state index contributed by atoms with van der Waals surface area (Å²) < 4.78 is 10.5. The maximum Gasteiger partial charge on any atom is 0.329 e. The molecule has 1 unspecified atom stereocenters. The molecule has 0 saturated heterocycles. The number of nitrogens with zero attached hydrogens (tertiary/aromatic N) is 1. The first-order chi connectivity index (χ1) is 13.6. The number of amides is 1. The summed E-state index contributed by atoms with van der Waals surface area (Å²) in [5, 5.41) is 0.882. The van der Waals surface area contributed by atoms with Crippen LogP contribution in [0.2, 0.25) is 0 Å². The maximum absolute atomic E-state index is 13.3. The zero-order valence-electron chi connectivity index (χ0n) is 15.9. The van der Waals surface area contributed by atoms with Crippen LogP contribution in [0.5, 0.6) is 5.75 Å². The number of H-pyrrole nitrogens is 1. The lowest BCUT2D eigenvalue weighted by Gasteiger charge is -2.35. The van der Waals surface area contributed by atoms with Crippen LogP contribution < -0.4 is 4.74 Å². The second-order valence-electron chi connectivity index (χ2n) is 6.81. The van der Waals surface area contributed by atoms with Crippen LogP contribution in [0.1, 0.15) is 28.5 Å². The SMILES string of the molecule is CCOC(=O)C1Cc2ccccc2CN1C(=O)c1cc2cc(OC)ccc2[nH]1. The van der Waals surface area contributed by atoms with Crippen LogP contribution in [-0.2, 0) is 22.5 Å². The van der Waals surface area contributed by atoms with E-state index in [4.69, 9.17) is 9.47 Å². The van der Waals surface area contributed by atoms with Crippen molar-refractivity contribution in [3.05, 3.63) is 65.4 Å². The molecular formula is C22H22N2O4. The van der Waals surface area contributed by atoms with Crippen molar-refractivity contribution in [1.82, 2.24) is 9.88 Å². The average molecular weight is 378 g/mol. The van der Waals surface area contributed by atoms with Crippen molar-refractivity contribution in [3.63, 3.8) is 0 Å². The monoisotopic (exact) mass is 378 g/mol. The lowest BCUT2D eigenvalue weighted by Crippen LogP contribution is -2.49. The van der Waals surface area contributed by atoms with Crippen molar-refractivity contribution in [1.29, 1.82) is 0 Å². The van der Waals surface area contributed by atoms with Crippen LogP contribution in [-0.4, -0.2) is 41.5 Å². The number of carbonyl (C=O) groups is 2. The molecule has 0 saturated carbocycles. The van der Waals surface area contributed by atoms with E-state index < -0.39 is 6.04 Å². The highest BCUT2D eigenvalue weighted by molar-refractivity contribution is 6.00. The van der Waals surface area contributed by atoms with Crippen molar-refractivity contribution in [2.45, 2.75) is 25.9 Å². The van der Waals surface area contributed by atoms with E-state index in [2.05, 4.69) is 4.98 Å². The molecular weight excluding hydrogens is 356 g/mol. The zero-order chi connectivity index (χ0) is 19.7. The quantitative estimate of drug-likeness (QED) is 0.707. The summed E-state index contributed by atoms with van der Waals surface area (Å²) in [7, 11) is 1.61. The number of fused-ring (bicyclic) bond motifs is 2. The van der Waals surface area contributed by atoms with E-state index in [0.29, 0.717) is 18.7 Å². The zero-order valence-corrected chi connectivity index (χ0v) is 15.9. The molecule has 6 nitrogen and oxygen atoms in total. The number of aromatic nitrogens is 1. The van der Waals surface area contributed by atoms with Crippen LogP contribution in [0.4, 0.5) is 0 Å². The minimum absolute atomic E-state index is 0.220. The Morgan fingerprint density at radius 3 is 2.68 bits per heavy atom. The second-order valence-corrected chi connectivity index (χ2v) is 6.81. The van der Waals surface area contributed by atoms with E-state index in [1.165, 1.54) is 0 Å². The summed E-state index contributed by atoms with van der Waals surface area (Å²) in [6.45, 7) is 2.42. The Hall–Kier alpha value is -3.28. The molecule has 0 radical (unpaired) electrons. The van der Waals surface area contributed by atoms with Crippen molar-refractivity contribution >= 4 is 22.8 Å². The molecule has 0 spiro atoms. The van der Waals surface area contributed by atoms with Crippen LogP contribution in [0.3, 0.4) is 0 Å². The van der Waals surface area contributed by atoms with Crippen molar-refractivity contribution in [2.75, 3.05) is 13.7 Å². The Morgan fingerprint density at radius 2 is 1.93 bits per heavy atom.